The average Bonchev–Trinajstić information content (AvgIpc) is 2.31. The molecule has 0 atom stereocenters. The third-order valence-corrected chi connectivity index (χ3v) is 3.26. The van der Waals surface area contributed by atoms with Gasteiger partial charge in [-0.2, -0.15) is 0 Å². The zero-order valence-corrected chi connectivity index (χ0v) is 10.1. The molecule has 0 radical (unpaired) electrons. The van der Waals surface area contributed by atoms with Crippen molar-refractivity contribution in [3.8, 4) is 11.1 Å². The Morgan fingerprint density at radius 1 is 1.00 bits per heavy atom. The van der Waals surface area contributed by atoms with E-state index in [9.17, 15) is 0 Å². The molecule has 2 rings (SSSR count). The van der Waals surface area contributed by atoms with Crippen LogP contribution in [0.3, 0.4) is 0 Å². The second kappa shape index (κ2) is 5.08. The first-order valence-corrected chi connectivity index (χ1v) is 6.37. The van der Waals surface area contributed by atoms with Gasteiger partial charge in [0.1, 0.15) is 0 Å². The number of benzene rings is 2. The van der Waals surface area contributed by atoms with Gasteiger partial charge in [-0.15, -0.1) is 11.8 Å². The average molecular weight is 229 g/mol. The highest BCUT2D eigenvalue weighted by atomic mass is 32.2. The van der Waals surface area contributed by atoms with Crippen molar-refractivity contribution in [3.63, 3.8) is 0 Å². The molecule has 0 aliphatic heterocycles. The van der Waals surface area contributed by atoms with Crippen molar-refractivity contribution in [2.24, 2.45) is 0 Å². The van der Waals surface area contributed by atoms with E-state index >= 15 is 0 Å². The highest BCUT2D eigenvalue weighted by Crippen LogP contribution is 2.25. The minimum atomic E-state index is 0.808. The number of nitrogen functional groups attached to an aromatic ring is 1. The minimum Gasteiger partial charge on any atom is -0.399 e. The first kappa shape index (κ1) is 11.1. The van der Waals surface area contributed by atoms with Crippen LogP contribution in [0.4, 0.5) is 5.69 Å². The van der Waals surface area contributed by atoms with Crippen LogP contribution in [0, 0.1) is 0 Å². The predicted molar refractivity (Wildman–Crippen MR) is 72.7 cm³/mol. The molecule has 2 N–H and O–H groups in total. The van der Waals surface area contributed by atoms with Gasteiger partial charge in [0.05, 0.1) is 0 Å². The Balaban J connectivity index is 2.32. The van der Waals surface area contributed by atoms with Crippen molar-refractivity contribution in [3.05, 3.63) is 48.5 Å². The summed E-state index contributed by atoms with van der Waals surface area (Å²) < 4.78 is 0. The highest BCUT2D eigenvalue weighted by molar-refractivity contribution is 7.99. The van der Waals surface area contributed by atoms with E-state index in [2.05, 4.69) is 43.3 Å². The summed E-state index contributed by atoms with van der Waals surface area (Å²) in [4.78, 5) is 1.32. The van der Waals surface area contributed by atoms with Crippen LogP contribution >= 0.6 is 11.8 Å². The third-order valence-electron chi connectivity index (χ3n) is 2.39. The van der Waals surface area contributed by atoms with Crippen LogP contribution in [0.25, 0.3) is 11.1 Å². The summed E-state index contributed by atoms with van der Waals surface area (Å²) in [6.45, 7) is 2.17. The molecule has 2 aromatic carbocycles. The standard InChI is InChI=1S/C14H15NS/c1-2-16-14-5-3-4-12(10-14)11-6-8-13(15)9-7-11/h3-10H,2,15H2,1H3. The summed E-state index contributed by atoms with van der Waals surface area (Å²) in [5, 5.41) is 0. The maximum absolute atomic E-state index is 5.68. The van der Waals surface area contributed by atoms with Gasteiger partial charge in [-0.05, 0) is 41.1 Å². The molecule has 0 saturated carbocycles. The fourth-order valence-corrected chi connectivity index (χ4v) is 2.33. The number of nitrogens with two attached hydrogens (primary N) is 1. The van der Waals surface area contributed by atoms with Crippen LogP contribution in [-0.4, -0.2) is 5.75 Å². The largest absolute Gasteiger partial charge is 0.399 e. The first-order chi connectivity index (χ1) is 7.79. The minimum absolute atomic E-state index is 0.808. The molecule has 16 heavy (non-hydrogen) atoms. The summed E-state index contributed by atoms with van der Waals surface area (Å²) in [6.07, 6.45) is 0. The summed E-state index contributed by atoms with van der Waals surface area (Å²) in [6, 6.07) is 16.6. The van der Waals surface area contributed by atoms with Crippen LogP contribution in [0.2, 0.25) is 0 Å². The fourth-order valence-electron chi connectivity index (χ4n) is 1.61. The van der Waals surface area contributed by atoms with E-state index in [1.165, 1.54) is 16.0 Å². The molecule has 2 heteroatoms. The van der Waals surface area contributed by atoms with E-state index in [4.69, 9.17) is 5.73 Å². The number of hydrogen-bond donors (Lipinski definition) is 1. The molecule has 1 nitrogen and oxygen atoms in total. The van der Waals surface area contributed by atoms with E-state index in [0.29, 0.717) is 0 Å². The van der Waals surface area contributed by atoms with Gasteiger partial charge in [-0.1, -0.05) is 31.2 Å². The van der Waals surface area contributed by atoms with Gasteiger partial charge < -0.3 is 5.73 Å². The molecule has 0 fully saturated rings. The Kier molecular flexibility index (Phi) is 3.52. The normalized spacial score (nSPS) is 10.3. The summed E-state index contributed by atoms with van der Waals surface area (Å²) >= 11 is 1.86. The lowest BCUT2D eigenvalue weighted by molar-refractivity contribution is 1.42. The van der Waals surface area contributed by atoms with Gasteiger partial charge >= 0.3 is 0 Å². The molecule has 0 heterocycles. The van der Waals surface area contributed by atoms with E-state index in [-0.39, 0.29) is 0 Å². The molecule has 0 saturated heterocycles. The van der Waals surface area contributed by atoms with E-state index < -0.39 is 0 Å². The quantitative estimate of drug-likeness (QED) is 0.634. The number of thioether (sulfide) groups is 1. The molecule has 0 amide bonds. The summed E-state index contributed by atoms with van der Waals surface area (Å²) in [5.74, 6) is 1.10. The van der Waals surface area contributed by atoms with Gasteiger partial charge in [-0.3, -0.25) is 0 Å². The van der Waals surface area contributed by atoms with Crippen molar-refractivity contribution in [2.45, 2.75) is 11.8 Å². The SMILES string of the molecule is CCSc1cccc(-c2ccc(N)cc2)c1. The van der Waals surface area contributed by atoms with E-state index in [0.717, 1.165) is 11.4 Å². The smallest absolute Gasteiger partial charge is 0.0314 e. The molecule has 2 aromatic rings. The Bertz CT molecular complexity index is 462. The monoisotopic (exact) mass is 229 g/mol. The zero-order chi connectivity index (χ0) is 11.4. The molecule has 0 aliphatic carbocycles. The van der Waals surface area contributed by atoms with Gasteiger partial charge in [0.25, 0.3) is 0 Å². The van der Waals surface area contributed by atoms with Crippen molar-refractivity contribution in [2.75, 3.05) is 11.5 Å². The lowest BCUT2D eigenvalue weighted by Gasteiger charge is -2.04. The Hall–Kier alpha value is -1.41. The van der Waals surface area contributed by atoms with Gasteiger partial charge in [0.2, 0.25) is 0 Å². The molecular formula is C14H15NS. The maximum atomic E-state index is 5.68. The van der Waals surface area contributed by atoms with Crippen molar-refractivity contribution in [1.29, 1.82) is 0 Å². The van der Waals surface area contributed by atoms with Crippen molar-refractivity contribution >= 4 is 17.4 Å². The Labute approximate surface area is 101 Å². The second-order valence-corrected chi connectivity index (χ2v) is 4.92. The first-order valence-electron chi connectivity index (χ1n) is 5.38. The molecular weight excluding hydrogens is 214 g/mol. The number of anilines is 1. The van der Waals surface area contributed by atoms with Crippen LogP contribution in [0.5, 0.6) is 0 Å². The Morgan fingerprint density at radius 3 is 2.44 bits per heavy atom. The van der Waals surface area contributed by atoms with Crippen molar-refractivity contribution in [1.82, 2.24) is 0 Å². The van der Waals surface area contributed by atoms with Crippen molar-refractivity contribution < 1.29 is 0 Å². The molecule has 82 valence electrons. The fraction of sp³-hybridized carbons (Fsp3) is 0.143. The highest BCUT2D eigenvalue weighted by Gasteiger charge is 1.98. The molecule has 0 aromatic heterocycles. The van der Waals surface area contributed by atoms with Crippen LogP contribution < -0.4 is 5.73 Å². The second-order valence-electron chi connectivity index (χ2n) is 3.58. The number of rotatable bonds is 3. The lowest BCUT2D eigenvalue weighted by atomic mass is 10.1. The van der Waals surface area contributed by atoms with Gasteiger partial charge in [-0.25, -0.2) is 0 Å². The summed E-state index contributed by atoms with van der Waals surface area (Å²) in [5.41, 5.74) is 8.95. The predicted octanol–water partition coefficient (Wildman–Crippen LogP) is 4.05. The third kappa shape index (κ3) is 2.58. The van der Waals surface area contributed by atoms with Crippen LogP contribution in [0.15, 0.2) is 53.4 Å². The topological polar surface area (TPSA) is 26.0 Å². The van der Waals surface area contributed by atoms with E-state index in [1.807, 2.05) is 23.9 Å². The van der Waals surface area contributed by atoms with E-state index in [1.54, 1.807) is 0 Å². The zero-order valence-electron chi connectivity index (χ0n) is 9.31. The van der Waals surface area contributed by atoms with Gasteiger partial charge in [0.15, 0.2) is 0 Å². The van der Waals surface area contributed by atoms with Crippen LogP contribution in [-0.2, 0) is 0 Å². The van der Waals surface area contributed by atoms with Crippen LogP contribution in [0.1, 0.15) is 6.92 Å². The lowest BCUT2D eigenvalue weighted by Crippen LogP contribution is -1.84. The molecule has 0 bridgehead atoms. The van der Waals surface area contributed by atoms with Gasteiger partial charge in [0, 0.05) is 10.6 Å². The Morgan fingerprint density at radius 2 is 1.75 bits per heavy atom. The molecule has 0 unspecified atom stereocenters. The molecule has 0 spiro atoms. The molecule has 0 aliphatic rings. The summed E-state index contributed by atoms with van der Waals surface area (Å²) in [7, 11) is 0. The maximum Gasteiger partial charge on any atom is 0.0314 e. The number of hydrogen-bond acceptors (Lipinski definition) is 2.